The second-order valence-electron chi connectivity index (χ2n) is 10.6. The van der Waals surface area contributed by atoms with Crippen LogP contribution in [0, 0.1) is 35.0 Å². The lowest BCUT2D eigenvalue weighted by Crippen LogP contribution is -2.57. The Morgan fingerprint density at radius 2 is 1.92 bits per heavy atom. The third-order valence-corrected chi connectivity index (χ3v) is 8.94. The van der Waals surface area contributed by atoms with Crippen molar-refractivity contribution in [1.82, 2.24) is 0 Å². The summed E-state index contributed by atoms with van der Waals surface area (Å²) in [4.78, 5) is 11.9. The summed E-state index contributed by atoms with van der Waals surface area (Å²) in [7, 11) is 0. The van der Waals surface area contributed by atoms with E-state index in [4.69, 9.17) is 14.2 Å². The van der Waals surface area contributed by atoms with Gasteiger partial charge in [-0.05, 0) is 87.9 Å². The molecule has 26 heavy (non-hydrogen) atoms. The summed E-state index contributed by atoms with van der Waals surface area (Å²) in [5.74, 6) is 3.02. The van der Waals surface area contributed by atoms with Gasteiger partial charge in [0.1, 0.15) is 6.10 Å². The lowest BCUT2D eigenvalue weighted by Gasteiger charge is -2.62. The Bertz CT molecular complexity index is 601. The molecule has 7 aliphatic rings. The van der Waals surface area contributed by atoms with Crippen molar-refractivity contribution in [1.29, 1.82) is 0 Å². The van der Waals surface area contributed by atoms with Crippen LogP contribution in [0.3, 0.4) is 0 Å². The average Bonchev–Trinajstić information content (AvgIpc) is 3.18. The van der Waals surface area contributed by atoms with Gasteiger partial charge in [0.25, 0.3) is 0 Å². The first-order valence-corrected chi connectivity index (χ1v) is 11.0. The minimum atomic E-state index is 0.0494. The third kappa shape index (κ3) is 2.24. The highest BCUT2D eigenvalue weighted by molar-refractivity contribution is 5.76. The van der Waals surface area contributed by atoms with E-state index in [2.05, 4.69) is 6.92 Å². The summed E-state index contributed by atoms with van der Waals surface area (Å²) in [6, 6.07) is 0. The lowest BCUT2D eigenvalue weighted by atomic mass is 9.47. The van der Waals surface area contributed by atoms with Crippen LogP contribution in [-0.4, -0.2) is 37.0 Å². The summed E-state index contributed by atoms with van der Waals surface area (Å²) < 4.78 is 18.4. The number of rotatable bonds is 6. The molecule has 4 heteroatoms. The summed E-state index contributed by atoms with van der Waals surface area (Å²) in [6.07, 6.45) is 11.6. The maximum Gasteiger partial charge on any atom is 0.309 e. The van der Waals surface area contributed by atoms with E-state index in [-0.39, 0.29) is 29.7 Å². The first-order chi connectivity index (χ1) is 12.6. The molecule has 0 amide bonds. The molecule has 1 heterocycles. The molecular formula is C22H32O4. The van der Waals surface area contributed by atoms with Gasteiger partial charge in [-0.2, -0.15) is 0 Å². The monoisotopic (exact) mass is 360 g/mol. The Kier molecular flexibility index (Phi) is 3.44. The first-order valence-electron chi connectivity index (χ1n) is 11.0. The van der Waals surface area contributed by atoms with Gasteiger partial charge < -0.3 is 14.2 Å². The highest BCUT2D eigenvalue weighted by Crippen LogP contribution is 2.64. The molecule has 0 aromatic rings. The van der Waals surface area contributed by atoms with E-state index in [9.17, 15) is 4.79 Å². The van der Waals surface area contributed by atoms with E-state index >= 15 is 0 Å². The molecule has 0 spiro atoms. The van der Waals surface area contributed by atoms with Crippen LogP contribution >= 0.6 is 0 Å². The molecule has 1 aliphatic heterocycles. The second kappa shape index (κ2) is 5.47. The molecule has 0 N–H and O–H groups in total. The Morgan fingerprint density at radius 3 is 2.69 bits per heavy atom. The van der Waals surface area contributed by atoms with Crippen LogP contribution in [0.1, 0.15) is 64.7 Å². The van der Waals surface area contributed by atoms with Crippen molar-refractivity contribution < 1.29 is 19.0 Å². The van der Waals surface area contributed by atoms with E-state index < -0.39 is 0 Å². The quantitative estimate of drug-likeness (QED) is 0.677. The fraction of sp³-hybridized carbons (Fsp3) is 0.955. The maximum absolute atomic E-state index is 11.9. The fourth-order valence-electron chi connectivity index (χ4n) is 8.68. The molecule has 4 nitrogen and oxygen atoms in total. The van der Waals surface area contributed by atoms with Gasteiger partial charge in [-0.3, -0.25) is 4.79 Å². The third-order valence-electron chi connectivity index (χ3n) is 8.94. The van der Waals surface area contributed by atoms with Crippen LogP contribution in [0.25, 0.3) is 0 Å². The second-order valence-corrected chi connectivity index (χ2v) is 10.6. The van der Waals surface area contributed by atoms with E-state index in [0.29, 0.717) is 17.3 Å². The van der Waals surface area contributed by atoms with Gasteiger partial charge in [-0.15, -0.1) is 0 Å². The highest BCUT2D eigenvalue weighted by atomic mass is 16.6. The predicted octanol–water partition coefficient (Wildman–Crippen LogP) is 3.72. The van der Waals surface area contributed by atoms with Crippen molar-refractivity contribution in [2.24, 2.45) is 35.0 Å². The number of esters is 1. The van der Waals surface area contributed by atoms with Gasteiger partial charge in [0.15, 0.2) is 0 Å². The molecule has 7 fully saturated rings. The van der Waals surface area contributed by atoms with Crippen LogP contribution in [0.5, 0.6) is 0 Å². The van der Waals surface area contributed by atoms with Crippen molar-refractivity contribution in [3.8, 4) is 0 Å². The first kappa shape index (κ1) is 16.4. The molecule has 1 saturated heterocycles. The maximum atomic E-state index is 11.9. The van der Waals surface area contributed by atoms with Crippen molar-refractivity contribution >= 4 is 5.97 Å². The standard InChI is InChI=1S/C22H32O4/c1-2-25-22-10-13-5-14(11-22)9-21(8-13,12-22)3-4-24-18-15-6-16-17(7-15)20(23)26-19(16)18/h13-19H,2-12H2,1H3. The highest BCUT2D eigenvalue weighted by Gasteiger charge is 2.62. The summed E-state index contributed by atoms with van der Waals surface area (Å²) in [5, 5.41) is 0. The van der Waals surface area contributed by atoms with Crippen LogP contribution in [0.2, 0.25) is 0 Å². The summed E-state index contributed by atoms with van der Waals surface area (Å²) in [5.41, 5.74) is 0.630. The van der Waals surface area contributed by atoms with Crippen LogP contribution in [0.15, 0.2) is 0 Å². The molecule has 6 bridgehead atoms. The molecule has 7 rings (SSSR count). The minimum absolute atomic E-state index is 0.0494. The normalized spacial score (nSPS) is 55.7. The Labute approximate surface area is 156 Å². The Hall–Kier alpha value is -0.610. The zero-order chi connectivity index (χ0) is 17.5. The van der Waals surface area contributed by atoms with Crippen molar-refractivity contribution in [2.45, 2.75) is 82.5 Å². The number of carbonyl (C=O) groups is 1. The zero-order valence-corrected chi connectivity index (χ0v) is 16.0. The molecular weight excluding hydrogens is 328 g/mol. The summed E-state index contributed by atoms with van der Waals surface area (Å²) >= 11 is 0. The largest absolute Gasteiger partial charge is 0.459 e. The SMILES string of the molecule is CCOC12CC3CC(CC(CCOC4C5CC6C(=O)OC4C6C5)(C3)C1)C2. The number of hydrogen-bond acceptors (Lipinski definition) is 4. The van der Waals surface area contributed by atoms with Gasteiger partial charge in [-0.25, -0.2) is 0 Å². The lowest BCUT2D eigenvalue weighted by molar-refractivity contribution is -0.197. The molecule has 144 valence electrons. The van der Waals surface area contributed by atoms with Gasteiger partial charge in [-0.1, -0.05) is 0 Å². The smallest absolute Gasteiger partial charge is 0.309 e. The molecule has 0 aromatic carbocycles. The van der Waals surface area contributed by atoms with Crippen LogP contribution in [0.4, 0.5) is 0 Å². The zero-order valence-electron chi connectivity index (χ0n) is 16.0. The van der Waals surface area contributed by atoms with Crippen molar-refractivity contribution in [3.05, 3.63) is 0 Å². The van der Waals surface area contributed by atoms with E-state index in [1.54, 1.807) is 0 Å². The van der Waals surface area contributed by atoms with Crippen molar-refractivity contribution in [3.63, 3.8) is 0 Å². The number of ether oxygens (including phenoxy) is 3. The number of carbonyl (C=O) groups excluding carboxylic acids is 1. The number of fused-ring (bicyclic) bond motifs is 1. The summed E-state index contributed by atoms with van der Waals surface area (Å²) in [6.45, 7) is 3.85. The molecule has 0 aromatic heterocycles. The topological polar surface area (TPSA) is 44.8 Å². The molecule has 0 radical (unpaired) electrons. The van der Waals surface area contributed by atoms with Gasteiger partial charge >= 0.3 is 5.97 Å². The minimum Gasteiger partial charge on any atom is -0.459 e. The van der Waals surface area contributed by atoms with Crippen LogP contribution < -0.4 is 0 Å². The van der Waals surface area contributed by atoms with Gasteiger partial charge in [0.2, 0.25) is 0 Å². The molecule has 7 unspecified atom stereocenters. The average molecular weight is 360 g/mol. The van der Waals surface area contributed by atoms with E-state index in [1.165, 1.54) is 44.9 Å². The molecule has 6 aliphatic carbocycles. The molecule has 7 atom stereocenters. The van der Waals surface area contributed by atoms with E-state index in [1.807, 2.05) is 0 Å². The fourth-order valence-corrected chi connectivity index (χ4v) is 8.68. The van der Waals surface area contributed by atoms with Gasteiger partial charge in [0.05, 0.1) is 17.6 Å². The van der Waals surface area contributed by atoms with Gasteiger partial charge in [0, 0.05) is 19.1 Å². The number of hydrogen-bond donors (Lipinski definition) is 0. The van der Waals surface area contributed by atoms with E-state index in [0.717, 1.165) is 37.9 Å². The molecule has 6 saturated carbocycles. The van der Waals surface area contributed by atoms with Crippen molar-refractivity contribution in [2.75, 3.05) is 13.2 Å². The Balaban J connectivity index is 1.12. The predicted molar refractivity (Wildman–Crippen MR) is 95.4 cm³/mol. The Morgan fingerprint density at radius 1 is 1.12 bits per heavy atom. The van der Waals surface area contributed by atoms with Crippen LogP contribution in [-0.2, 0) is 19.0 Å².